The van der Waals surface area contributed by atoms with E-state index in [1.54, 1.807) is 30.9 Å². The van der Waals surface area contributed by atoms with Gasteiger partial charge in [-0.3, -0.25) is 4.79 Å². The average Bonchev–Trinajstić information content (AvgIpc) is 3.44. The van der Waals surface area contributed by atoms with Crippen LogP contribution in [0.2, 0.25) is 0 Å². The highest BCUT2D eigenvalue weighted by Gasteiger charge is 2.28. The molecule has 146 valence electrons. The van der Waals surface area contributed by atoms with Gasteiger partial charge < -0.3 is 9.88 Å². The van der Waals surface area contributed by atoms with E-state index in [4.69, 9.17) is 0 Å². The average molecular weight is 417 g/mol. The molecular weight excluding hydrogens is 396 g/mol. The van der Waals surface area contributed by atoms with Gasteiger partial charge in [-0.25, -0.2) is 13.4 Å². The quantitative estimate of drug-likeness (QED) is 0.670. The summed E-state index contributed by atoms with van der Waals surface area (Å²) in [5.74, 6) is -0.195. The van der Waals surface area contributed by atoms with Crippen LogP contribution in [0, 0.1) is 0 Å². The van der Waals surface area contributed by atoms with Crippen molar-refractivity contribution < 1.29 is 13.2 Å². The van der Waals surface area contributed by atoms with Crippen molar-refractivity contribution in [1.29, 1.82) is 0 Å². The first-order valence-corrected chi connectivity index (χ1v) is 11.3. The van der Waals surface area contributed by atoms with Crippen LogP contribution in [-0.2, 0) is 21.2 Å². The molecule has 0 unspecified atom stereocenters. The van der Waals surface area contributed by atoms with Gasteiger partial charge in [-0.05, 0) is 37.1 Å². The molecule has 1 fully saturated rings. The number of nitrogens with one attached hydrogen (secondary N) is 1. The van der Waals surface area contributed by atoms with Crippen LogP contribution >= 0.6 is 11.3 Å². The highest BCUT2D eigenvalue weighted by molar-refractivity contribution is 7.91. The normalized spacial score (nSPS) is 15.0. The topological polar surface area (TPSA) is 84.3 Å². The maximum Gasteiger partial charge on any atom is 0.252 e. The second-order valence-corrected chi connectivity index (χ2v) is 9.88. The van der Waals surface area contributed by atoms with Crippen molar-refractivity contribution in [2.45, 2.75) is 23.5 Å². The summed E-state index contributed by atoms with van der Waals surface area (Å²) >= 11 is 1.16. The molecule has 9 heteroatoms. The first-order chi connectivity index (χ1) is 13.5. The number of benzene rings is 1. The first-order valence-electron chi connectivity index (χ1n) is 9.00. The molecule has 4 rings (SSSR count). The molecule has 2 aromatic heterocycles. The van der Waals surface area contributed by atoms with Crippen LogP contribution in [0.15, 0.2) is 59.3 Å². The number of sulfonamides is 1. The summed E-state index contributed by atoms with van der Waals surface area (Å²) in [5.41, 5.74) is 1.49. The molecule has 0 radical (unpaired) electrons. The van der Waals surface area contributed by atoms with Gasteiger partial charge in [0.05, 0.1) is 24.1 Å². The lowest BCUT2D eigenvalue weighted by atomic mass is 10.2. The Bertz CT molecular complexity index is 1070. The largest absolute Gasteiger partial charge is 0.324 e. The summed E-state index contributed by atoms with van der Waals surface area (Å²) in [5, 5.41) is 2.91. The van der Waals surface area contributed by atoms with Gasteiger partial charge in [-0.15, -0.1) is 11.3 Å². The number of imidazole rings is 1. The monoisotopic (exact) mass is 416 g/mol. The minimum Gasteiger partial charge on any atom is -0.324 e. The van der Waals surface area contributed by atoms with Crippen LogP contribution in [-0.4, -0.2) is 41.3 Å². The molecule has 1 aromatic carbocycles. The van der Waals surface area contributed by atoms with Gasteiger partial charge in [0.2, 0.25) is 5.91 Å². The molecule has 3 heterocycles. The van der Waals surface area contributed by atoms with Crippen LogP contribution in [0.25, 0.3) is 5.69 Å². The summed E-state index contributed by atoms with van der Waals surface area (Å²) in [4.78, 5) is 17.3. The third-order valence-electron chi connectivity index (χ3n) is 4.59. The van der Waals surface area contributed by atoms with Crippen molar-refractivity contribution in [2.75, 3.05) is 18.4 Å². The molecule has 3 aromatic rings. The van der Waals surface area contributed by atoms with Crippen molar-refractivity contribution >= 4 is 33.0 Å². The van der Waals surface area contributed by atoms with Crippen molar-refractivity contribution in [2.24, 2.45) is 0 Å². The minimum absolute atomic E-state index is 0.123. The van der Waals surface area contributed by atoms with Gasteiger partial charge in [-0.1, -0.05) is 12.1 Å². The zero-order valence-electron chi connectivity index (χ0n) is 15.1. The number of thiophene rings is 1. The van der Waals surface area contributed by atoms with Gasteiger partial charge >= 0.3 is 0 Å². The molecule has 0 aliphatic carbocycles. The molecular formula is C19H20N4O3S2. The molecule has 0 saturated carbocycles. The Morgan fingerprint density at radius 3 is 2.68 bits per heavy atom. The molecule has 1 aliphatic rings. The maximum atomic E-state index is 12.6. The molecule has 0 bridgehead atoms. The Balaban J connectivity index is 1.46. The lowest BCUT2D eigenvalue weighted by Crippen LogP contribution is -2.27. The number of rotatable bonds is 6. The fraction of sp³-hybridized carbons (Fsp3) is 0.263. The summed E-state index contributed by atoms with van der Waals surface area (Å²) in [6.45, 7) is 1.14. The molecule has 28 heavy (non-hydrogen) atoms. The van der Waals surface area contributed by atoms with E-state index < -0.39 is 10.0 Å². The van der Waals surface area contributed by atoms with Crippen LogP contribution in [0.4, 0.5) is 5.69 Å². The third-order valence-corrected chi connectivity index (χ3v) is 8.04. The van der Waals surface area contributed by atoms with E-state index in [9.17, 15) is 13.2 Å². The van der Waals surface area contributed by atoms with Crippen molar-refractivity contribution in [3.05, 3.63) is 60.0 Å². The summed E-state index contributed by atoms with van der Waals surface area (Å²) < 4.78 is 28.9. The van der Waals surface area contributed by atoms with E-state index in [1.165, 1.54) is 4.31 Å². The molecule has 1 N–H and O–H groups in total. The van der Waals surface area contributed by atoms with Gasteiger partial charge in [0.15, 0.2) is 0 Å². The number of hydrogen-bond donors (Lipinski definition) is 1. The molecule has 0 atom stereocenters. The fourth-order valence-corrected chi connectivity index (χ4v) is 6.23. The lowest BCUT2D eigenvalue weighted by molar-refractivity contribution is -0.115. The molecule has 1 saturated heterocycles. The van der Waals surface area contributed by atoms with Crippen LogP contribution < -0.4 is 5.32 Å². The second-order valence-electron chi connectivity index (χ2n) is 6.54. The smallest absolute Gasteiger partial charge is 0.252 e. The Kier molecular flexibility index (Phi) is 5.29. The Hall–Kier alpha value is -2.49. The number of amides is 1. The van der Waals surface area contributed by atoms with Crippen molar-refractivity contribution in [3.63, 3.8) is 0 Å². The molecule has 0 spiro atoms. The van der Waals surface area contributed by atoms with Gasteiger partial charge in [0.25, 0.3) is 10.0 Å². The van der Waals surface area contributed by atoms with Gasteiger partial charge in [-0.2, -0.15) is 4.31 Å². The Labute approximate surface area is 167 Å². The Morgan fingerprint density at radius 1 is 1.14 bits per heavy atom. The van der Waals surface area contributed by atoms with Crippen LogP contribution in [0.5, 0.6) is 0 Å². The number of aromatic nitrogens is 2. The van der Waals surface area contributed by atoms with Gasteiger partial charge in [0.1, 0.15) is 4.21 Å². The standard InChI is InChI=1S/C19H20N4O3S2/c24-18(21-16-5-1-2-6-17(16)22-12-9-20-14-22)13-15-7-8-19(27-15)28(25,26)23-10-3-4-11-23/h1-2,5-9,12,14H,3-4,10-11,13H2,(H,21,24). The molecule has 1 amide bonds. The van der Waals surface area contributed by atoms with E-state index in [2.05, 4.69) is 10.3 Å². The van der Waals surface area contributed by atoms with E-state index in [1.807, 2.05) is 28.8 Å². The zero-order chi connectivity index (χ0) is 19.6. The Morgan fingerprint density at radius 2 is 1.93 bits per heavy atom. The summed E-state index contributed by atoms with van der Waals surface area (Å²) in [6, 6.07) is 10.8. The number of nitrogens with zero attached hydrogens (tertiary/aromatic N) is 3. The maximum absolute atomic E-state index is 12.6. The molecule has 7 nitrogen and oxygen atoms in total. The second kappa shape index (κ2) is 7.86. The number of carbonyl (C=O) groups is 1. The predicted molar refractivity (Wildman–Crippen MR) is 108 cm³/mol. The fourth-order valence-electron chi connectivity index (χ4n) is 3.21. The first kappa shape index (κ1) is 18.9. The van der Waals surface area contributed by atoms with Gasteiger partial charge in [0, 0.05) is 30.4 Å². The number of hydrogen-bond acceptors (Lipinski definition) is 5. The van der Waals surface area contributed by atoms with E-state index >= 15 is 0 Å². The number of anilines is 1. The van der Waals surface area contributed by atoms with Crippen LogP contribution in [0.3, 0.4) is 0 Å². The van der Waals surface area contributed by atoms with E-state index in [0.717, 1.165) is 34.7 Å². The highest BCUT2D eigenvalue weighted by Crippen LogP contribution is 2.28. The predicted octanol–water partition coefficient (Wildman–Crippen LogP) is 2.90. The number of para-hydroxylation sites is 2. The SMILES string of the molecule is O=C(Cc1ccc(S(=O)(=O)N2CCCC2)s1)Nc1ccccc1-n1ccnc1. The van der Waals surface area contributed by atoms with Crippen LogP contribution in [0.1, 0.15) is 17.7 Å². The molecule has 1 aliphatic heterocycles. The third kappa shape index (κ3) is 3.87. The number of carbonyl (C=O) groups excluding carboxylic acids is 1. The van der Waals surface area contributed by atoms with Crippen molar-refractivity contribution in [3.8, 4) is 5.69 Å². The van der Waals surface area contributed by atoms with Crippen molar-refractivity contribution in [1.82, 2.24) is 13.9 Å². The lowest BCUT2D eigenvalue weighted by Gasteiger charge is -2.13. The van der Waals surface area contributed by atoms with E-state index in [0.29, 0.717) is 23.0 Å². The summed E-state index contributed by atoms with van der Waals surface area (Å²) in [6.07, 6.45) is 7.07. The highest BCUT2D eigenvalue weighted by atomic mass is 32.2. The summed E-state index contributed by atoms with van der Waals surface area (Å²) in [7, 11) is -3.44. The zero-order valence-corrected chi connectivity index (χ0v) is 16.7. The minimum atomic E-state index is -3.44. The van der Waals surface area contributed by atoms with E-state index in [-0.39, 0.29) is 12.3 Å².